The summed E-state index contributed by atoms with van der Waals surface area (Å²) in [7, 11) is 0. The topological polar surface area (TPSA) is 154 Å². The average Bonchev–Trinajstić information content (AvgIpc) is 4.04. The molecule has 0 N–H and O–H groups in total. The first-order chi connectivity index (χ1) is 27.9. The molecule has 2 aromatic carbocycles. The summed E-state index contributed by atoms with van der Waals surface area (Å²) < 4.78 is 0. The highest BCUT2D eigenvalue weighted by Gasteiger charge is 2.47. The van der Waals surface area contributed by atoms with Crippen molar-refractivity contribution < 1.29 is 9.59 Å². The van der Waals surface area contributed by atoms with E-state index < -0.39 is 0 Å². The summed E-state index contributed by atoms with van der Waals surface area (Å²) in [4.78, 5) is 39.1. The molecule has 10 heteroatoms. The molecule has 6 aliphatic carbocycles. The van der Waals surface area contributed by atoms with Gasteiger partial charge >= 0.3 is 0 Å². The lowest BCUT2D eigenvalue weighted by Crippen LogP contribution is -2.23. The SMILES string of the molecule is CC1(C)C2=CC3C=C4C(=CC3C=C2c2sc(N=C3C(=O)c5ccccc5C3=C(C#N)C#N)cc21)C(C)(C)c1cc(N=C2C(=O)c3ccccc3C2=C(C#N)C#N)sc14. The second-order valence-corrected chi connectivity index (χ2v) is 18.1. The molecule has 10 rings (SSSR count). The minimum absolute atomic E-state index is 0.107. The maximum Gasteiger partial charge on any atom is 0.212 e. The van der Waals surface area contributed by atoms with Gasteiger partial charge in [0.15, 0.2) is 0 Å². The number of carbonyl (C=O) groups excluding carboxylic acids is 2. The van der Waals surface area contributed by atoms with Crippen LogP contribution in [0.5, 0.6) is 0 Å². The average molecular weight is 785 g/mol. The van der Waals surface area contributed by atoms with Crippen LogP contribution < -0.4 is 0 Å². The third-order valence-electron chi connectivity index (χ3n) is 12.3. The van der Waals surface area contributed by atoms with E-state index in [0.29, 0.717) is 32.3 Å². The Balaban J connectivity index is 1.02. The smallest absolute Gasteiger partial charge is 0.212 e. The fraction of sp³-hybridized carbons (Fsp3) is 0.167. The Hall–Kier alpha value is -7.08. The molecule has 58 heavy (non-hydrogen) atoms. The standard InChI is InChI=1S/C48H28N6O2S2/c1-47(2)33-15-23-14-32-34(48(3,4)36-18-38(58-46(32)36)54-42-40(26(21-51)22-52)28-10-6-8-12-30(28)44(42)56)16-24(23)13-31(33)45-35(47)17-37(57-45)53-41-39(25(19-49)20-50)27-9-5-7-11-29(27)43(41)55/h5-18,23-24H,1-4H3. The normalized spacial score (nSPS) is 22.1. The number of fused-ring (bicyclic) bond motifs is 9. The van der Waals surface area contributed by atoms with Crippen molar-refractivity contribution in [2.45, 2.75) is 38.5 Å². The summed E-state index contributed by atoms with van der Waals surface area (Å²) >= 11 is 3.05. The molecule has 4 aromatic rings. The zero-order chi connectivity index (χ0) is 40.4. The van der Waals surface area contributed by atoms with E-state index in [1.165, 1.54) is 45.0 Å². The molecule has 6 aliphatic rings. The second kappa shape index (κ2) is 12.2. The lowest BCUT2D eigenvalue weighted by atomic mass is 9.70. The number of hydrogen-bond donors (Lipinski definition) is 0. The van der Waals surface area contributed by atoms with Gasteiger partial charge in [0.25, 0.3) is 0 Å². The van der Waals surface area contributed by atoms with Crippen LogP contribution >= 0.6 is 22.7 Å². The first-order valence-corrected chi connectivity index (χ1v) is 20.3. The molecule has 2 unspecified atom stereocenters. The molecule has 0 radical (unpaired) electrons. The Morgan fingerprint density at radius 1 is 0.569 bits per heavy atom. The fourth-order valence-electron chi connectivity index (χ4n) is 9.39. The monoisotopic (exact) mass is 784 g/mol. The van der Waals surface area contributed by atoms with E-state index >= 15 is 0 Å². The van der Waals surface area contributed by atoms with Crippen LogP contribution in [0, 0.1) is 57.2 Å². The summed E-state index contributed by atoms with van der Waals surface area (Å²) in [6, 6.07) is 26.0. The van der Waals surface area contributed by atoms with Crippen LogP contribution in [-0.2, 0) is 10.8 Å². The molecule has 0 aliphatic heterocycles. The predicted molar refractivity (Wildman–Crippen MR) is 226 cm³/mol. The largest absolute Gasteiger partial charge is 0.287 e. The Kier molecular flexibility index (Phi) is 7.44. The van der Waals surface area contributed by atoms with E-state index in [4.69, 9.17) is 9.98 Å². The molecular formula is C48H28N6O2S2. The highest BCUT2D eigenvalue weighted by molar-refractivity contribution is 7.17. The van der Waals surface area contributed by atoms with Crippen molar-refractivity contribution in [1.82, 2.24) is 0 Å². The van der Waals surface area contributed by atoms with Crippen LogP contribution in [0.1, 0.15) is 80.4 Å². The van der Waals surface area contributed by atoms with Crippen LogP contribution in [-0.4, -0.2) is 23.0 Å². The Morgan fingerprint density at radius 3 is 1.29 bits per heavy atom. The summed E-state index contributed by atoms with van der Waals surface area (Å²) in [6.07, 6.45) is 9.51. The van der Waals surface area contributed by atoms with E-state index in [0.717, 1.165) is 20.9 Å². The van der Waals surface area contributed by atoms with Gasteiger partial charge < -0.3 is 0 Å². The van der Waals surface area contributed by atoms with Gasteiger partial charge in [-0.05, 0) is 56.7 Å². The van der Waals surface area contributed by atoms with Gasteiger partial charge in [-0.3, -0.25) is 9.59 Å². The first-order valence-electron chi connectivity index (χ1n) is 18.6. The zero-order valence-corrected chi connectivity index (χ0v) is 33.2. The lowest BCUT2D eigenvalue weighted by Gasteiger charge is -2.33. The van der Waals surface area contributed by atoms with Gasteiger partial charge in [0.2, 0.25) is 11.6 Å². The summed E-state index contributed by atoms with van der Waals surface area (Å²) in [5, 5.41) is 40.5. The van der Waals surface area contributed by atoms with Crippen molar-refractivity contribution in [2.75, 3.05) is 0 Å². The number of Topliss-reactive ketones (excluding diaryl/α,β-unsaturated/α-hetero) is 2. The fourth-order valence-corrected chi connectivity index (χ4v) is 11.9. The molecule has 2 atom stereocenters. The molecule has 2 heterocycles. The Morgan fingerprint density at radius 2 is 0.931 bits per heavy atom. The number of aliphatic imine (C=N–C) groups is 2. The third kappa shape index (κ3) is 4.68. The van der Waals surface area contributed by atoms with Crippen molar-refractivity contribution in [3.63, 3.8) is 0 Å². The third-order valence-corrected chi connectivity index (χ3v) is 14.4. The number of hydrogen-bond acceptors (Lipinski definition) is 10. The zero-order valence-electron chi connectivity index (χ0n) is 31.6. The molecule has 0 spiro atoms. The van der Waals surface area contributed by atoms with E-state index in [9.17, 15) is 30.6 Å². The van der Waals surface area contributed by atoms with E-state index in [-0.39, 0.29) is 67.9 Å². The highest BCUT2D eigenvalue weighted by atomic mass is 32.1. The maximum atomic E-state index is 13.6. The van der Waals surface area contributed by atoms with Crippen LogP contribution in [0.25, 0.3) is 22.3 Å². The van der Waals surface area contributed by atoms with Gasteiger partial charge in [-0.15, -0.1) is 22.7 Å². The van der Waals surface area contributed by atoms with Crippen molar-refractivity contribution in [3.05, 3.63) is 150 Å². The minimum atomic E-state index is -0.343. The minimum Gasteiger partial charge on any atom is -0.287 e. The quantitative estimate of drug-likeness (QED) is 0.184. The molecule has 0 saturated heterocycles. The molecule has 0 saturated carbocycles. The number of nitrogens with zero attached hydrogens (tertiary/aromatic N) is 6. The molecule has 274 valence electrons. The first kappa shape index (κ1) is 35.3. The molecule has 2 aromatic heterocycles. The number of carbonyl (C=O) groups is 2. The van der Waals surface area contributed by atoms with Crippen LogP contribution in [0.2, 0.25) is 0 Å². The van der Waals surface area contributed by atoms with Gasteiger partial charge in [-0.1, -0.05) is 101 Å². The summed E-state index contributed by atoms with van der Waals surface area (Å²) in [5.74, 6) is -0.375. The second-order valence-electron chi connectivity index (χ2n) is 16.0. The van der Waals surface area contributed by atoms with Crippen LogP contribution in [0.4, 0.5) is 10.0 Å². The van der Waals surface area contributed by atoms with Gasteiger partial charge in [-0.2, -0.15) is 21.0 Å². The number of thiophene rings is 2. The predicted octanol–water partition coefficient (Wildman–Crippen LogP) is 10.5. The Labute approximate surface area is 342 Å². The van der Waals surface area contributed by atoms with Gasteiger partial charge in [0.05, 0.1) is 0 Å². The number of ketones is 2. The molecule has 8 nitrogen and oxygen atoms in total. The Bertz CT molecular complexity index is 2910. The van der Waals surface area contributed by atoms with Crippen LogP contribution in [0.15, 0.2) is 117 Å². The van der Waals surface area contributed by atoms with Crippen LogP contribution in [0.3, 0.4) is 0 Å². The van der Waals surface area contributed by atoms with Crippen molar-refractivity contribution in [3.8, 4) is 24.3 Å². The number of nitriles is 4. The van der Waals surface area contributed by atoms with Crippen molar-refractivity contribution in [1.29, 1.82) is 21.0 Å². The summed E-state index contributed by atoms with van der Waals surface area (Å²) in [5.41, 5.74) is 8.91. The van der Waals surface area contributed by atoms with Gasteiger partial charge in [-0.25, -0.2) is 9.98 Å². The van der Waals surface area contributed by atoms with Gasteiger partial charge in [0, 0.05) is 54.7 Å². The molecule has 0 bridgehead atoms. The highest BCUT2D eigenvalue weighted by Crippen LogP contribution is 2.61. The maximum absolute atomic E-state index is 13.6. The number of benzene rings is 2. The van der Waals surface area contributed by atoms with Crippen molar-refractivity contribution in [2.24, 2.45) is 21.8 Å². The molecule has 0 amide bonds. The van der Waals surface area contributed by atoms with E-state index in [1.807, 2.05) is 36.4 Å². The number of rotatable bonds is 2. The lowest BCUT2D eigenvalue weighted by molar-refractivity contribution is 0.106. The molecular weight excluding hydrogens is 757 g/mol. The van der Waals surface area contributed by atoms with Gasteiger partial charge in [0.1, 0.15) is 56.8 Å². The van der Waals surface area contributed by atoms with E-state index in [1.54, 1.807) is 48.5 Å². The molecule has 0 fully saturated rings. The van der Waals surface area contributed by atoms with E-state index in [2.05, 4.69) is 52.0 Å². The van der Waals surface area contributed by atoms with Crippen molar-refractivity contribution >= 4 is 78.0 Å². The summed E-state index contributed by atoms with van der Waals surface area (Å²) in [6.45, 7) is 8.84. The number of allylic oxidation sites excluding steroid dienone is 12.